The highest BCUT2D eigenvalue weighted by Crippen LogP contribution is 2.17. The van der Waals surface area contributed by atoms with Gasteiger partial charge < -0.3 is 15.8 Å². The van der Waals surface area contributed by atoms with E-state index in [1.165, 1.54) is 5.56 Å². The van der Waals surface area contributed by atoms with Crippen LogP contribution in [-0.4, -0.2) is 11.7 Å². The summed E-state index contributed by atoms with van der Waals surface area (Å²) in [5.41, 5.74) is 7.68. The van der Waals surface area contributed by atoms with Gasteiger partial charge in [-0.3, -0.25) is 0 Å². The van der Waals surface area contributed by atoms with Crippen molar-refractivity contribution in [3.63, 3.8) is 0 Å². The van der Waals surface area contributed by atoms with Crippen LogP contribution in [0.1, 0.15) is 18.4 Å². The van der Waals surface area contributed by atoms with Crippen LogP contribution in [0.4, 0.5) is 5.69 Å². The van der Waals surface area contributed by atoms with E-state index in [0.29, 0.717) is 6.61 Å². The minimum atomic E-state index is 0.259. The van der Waals surface area contributed by atoms with Gasteiger partial charge in [0, 0.05) is 11.8 Å². The smallest absolute Gasteiger partial charge is 0.168 e. The number of benzene rings is 2. The molecule has 0 spiro atoms. The standard InChI is InChI=1S/C17H20N2OS/c18-17(21)19-15-10-6-11-16(13-15)20-12-5-4-9-14-7-2-1-3-8-14/h1-3,6-8,10-11,13H,4-5,9,12H2,(H3,18,19,21). The van der Waals surface area contributed by atoms with Crippen molar-refractivity contribution in [3.8, 4) is 5.75 Å². The molecule has 0 saturated heterocycles. The maximum Gasteiger partial charge on any atom is 0.168 e. The molecule has 2 aromatic carbocycles. The van der Waals surface area contributed by atoms with Crippen molar-refractivity contribution >= 4 is 23.0 Å². The Hall–Kier alpha value is -2.07. The van der Waals surface area contributed by atoms with E-state index in [-0.39, 0.29) is 5.11 Å². The van der Waals surface area contributed by atoms with E-state index in [9.17, 15) is 0 Å². The van der Waals surface area contributed by atoms with Crippen molar-refractivity contribution in [1.82, 2.24) is 0 Å². The van der Waals surface area contributed by atoms with Crippen LogP contribution >= 0.6 is 12.2 Å². The third kappa shape index (κ3) is 5.83. The Balaban J connectivity index is 1.70. The maximum absolute atomic E-state index is 5.74. The third-order valence-electron chi connectivity index (χ3n) is 3.07. The monoisotopic (exact) mass is 300 g/mol. The van der Waals surface area contributed by atoms with Crippen molar-refractivity contribution < 1.29 is 4.74 Å². The first-order valence-electron chi connectivity index (χ1n) is 7.07. The summed E-state index contributed by atoms with van der Waals surface area (Å²) in [6.45, 7) is 0.712. The second-order valence-electron chi connectivity index (χ2n) is 4.81. The first-order chi connectivity index (χ1) is 10.2. The minimum Gasteiger partial charge on any atom is -0.494 e. The van der Waals surface area contributed by atoms with Crippen LogP contribution in [0, 0.1) is 0 Å². The Labute approximate surface area is 131 Å². The second-order valence-corrected chi connectivity index (χ2v) is 5.25. The molecule has 0 aromatic heterocycles. The zero-order chi connectivity index (χ0) is 14.9. The molecule has 0 aliphatic heterocycles. The highest BCUT2D eigenvalue weighted by Gasteiger charge is 1.98. The van der Waals surface area contributed by atoms with Gasteiger partial charge in [0.15, 0.2) is 5.11 Å². The molecule has 0 atom stereocenters. The molecule has 2 rings (SSSR count). The molecule has 0 unspecified atom stereocenters. The number of hydrogen-bond donors (Lipinski definition) is 2. The van der Waals surface area contributed by atoms with Crippen LogP contribution in [0.25, 0.3) is 0 Å². The fourth-order valence-electron chi connectivity index (χ4n) is 2.07. The summed E-state index contributed by atoms with van der Waals surface area (Å²) in [7, 11) is 0. The number of aryl methyl sites for hydroxylation is 1. The summed E-state index contributed by atoms with van der Waals surface area (Å²) in [4.78, 5) is 0. The zero-order valence-electron chi connectivity index (χ0n) is 11.9. The van der Waals surface area contributed by atoms with Gasteiger partial charge in [-0.1, -0.05) is 36.4 Å². The molecule has 0 radical (unpaired) electrons. The Morgan fingerprint density at radius 3 is 2.62 bits per heavy atom. The van der Waals surface area contributed by atoms with Gasteiger partial charge in [-0.25, -0.2) is 0 Å². The first kappa shape index (κ1) is 15.3. The molecule has 0 aliphatic rings. The number of rotatable bonds is 7. The third-order valence-corrected chi connectivity index (χ3v) is 3.17. The SMILES string of the molecule is NC(=S)Nc1cccc(OCCCCc2ccccc2)c1. The number of unbranched alkanes of at least 4 members (excludes halogenated alkanes) is 1. The Kier molecular flexibility index (Phi) is 6.03. The second kappa shape index (κ2) is 8.27. The Bertz CT molecular complexity index is 572. The maximum atomic E-state index is 5.74. The summed E-state index contributed by atoms with van der Waals surface area (Å²) in [5, 5.41) is 3.16. The molecule has 3 nitrogen and oxygen atoms in total. The molecular formula is C17H20N2OS. The van der Waals surface area contributed by atoms with Crippen LogP contribution in [-0.2, 0) is 6.42 Å². The van der Waals surface area contributed by atoms with E-state index in [1.807, 2.05) is 30.3 Å². The Morgan fingerprint density at radius 1 is 1.05 bits per heavy atom. The Morgan fingerprint density at radius 2 is 1.86 bits per heavy atom. The molecule has 3 N–H and O–H groups in total. The average molecular weight is 300 g/mol. The lowest BCUT2D eigenvalue weighted by atomic mass is 10.1. The van der Waals surface area contributed by atoms with Crippen molar-refractivity contribution in [3.05, 3.63) is 60.2 Å². The molecule has 0 fully saturated rings. The fraction of sp³-hybridized carbons (Fsp3) is 0.235. The lowest BCUT2D eigenvalue weighted by molar-refractivity contribution is 0.307. The molecular weight excluding hydrogens is 280 g/mol. The van der Waals surface area contributed by atoms with E-state index in [1.54, 1.807) is 0 Å². The molecule has 0 bridgehead atoms. The van der Waals surface area contributed by atoms with Gasteiger partial charge in [0.05, 0.1) is 6.61 Å². The topological polar surface area (TPSA) is 47.3 Å². The van der Waals surface area contributed by atoms with Crippen LogP contribution in [0.15, 0.2) is 54.6 Å². The average Bonchev–Trinajstić information content (AvgIpc) is 2.48. The summed E-state index contributed by atoms with van der Waals surface area (Å²) in [5.74, 6) is 0.830. The van der Waals surface area contributed by atoms with Gasteiger partial charge in [0.1, 0.15) is 5.75 Å². The largest absolute Gasteiger partial charge is 0.494 e. The number of thiocarbonyl (C=S) groups is 1. The molecule has 4 heteroatoms. The summed E-state index contributed by atoms with van der Waals surface area (Å²) in [6, 6.07) is 18.2. The molecule has 21 heavy (non-hydrogen) atoms. The van der Waals surface area contributed by atoms with Gasteiger partial charge in [-0.15, -0.1) is 0 Å². The molecule has 0 heterocycles. The number of hydrogen-bond acceptors (Lipinski definition) is 2. The van der Waals surface area contributed by atoms with E-state index < -0.39 is 0 Å². The highest BCUT2D eigenvalue weighted by atomic mass is 32.1. The number of nitrogens with one attached hydrogen (secondary N) is 1. The van der Waals surface area contributed by atoms with Crippen LogP contribution < -0.4 is 15.8 Å². The lowest BCUT2D eigenvalue weighted by Gasteiger charge is -2.09. The van der Waals surface area contributed by atoms with Gasteiger partial charge in [-0.2, -0.15) is 0 Å². The van der Waals surface area contributed by atoms with Crippen molar-refractivity contribution in [2.45, 2.75) is 19.3 Å². The first-order valence-corrected chi connectivity index (χ1v) is 7.48. The normalized spacial score (nSPS) is 10.1. The number of ether oxygens (including phenoxy) is 1. The summed E-state index contributed by atoms with van der Waals surface area (Å²) in [6.07, 6.45) is 3.24. The quantitative estimate of drug-likeness (QED) is 0.604. The molecule has 2 aromatic rings. The summed E-state index contributed by atoms with van der Waals surface area (Å²) >= 11 is 4.82. The van der Waals surface area contributed by atoms with Crippen LogP contribution in [0.5, 0.6) is 5.75 Å². The predicted molar refractivity (Wildman–Crippen MR) is 91.7 cm³/mol. The van der Waals surface area contributed by atoms with Gasteiger partial charge in [0.2, 0.25) is 0 Å². The predicted octanol–water partition coefficient (Wildman–Crippen LogP) is 3.74. The highest BCUT2D eigenvalue weighted by molar-refractivity contribution is 7.80. The van der Waals surface area contributed by atoms with Crippen molar-refractivity contribution in [2.24, 2.45) is 5.73 Å². The van der Waals surface area contributed by atoms with E-state index in [2.05, 4.69) is 29.6 Å². The van der Waals surface area contributed by atoms with Crippen LogP contribution in [0.3, 0.4) is 0 Å². The van der Waals surface area contributed by atoms with Crippen LogP contribution in [0.2, 0.25) is 0 Å². The number of anilines is 1. The molecule has 0 aliphatic carbocycles. The number of nitrogens with two attached hydrogens (primary N) is 1. The lowest BCUT2D eigenvalue weighted by Crippen LogP contribution is -2.18. The summed E-state index contributed by atoms with van der Waals surface area (Å²) < 4.78 is 5.74. The van der Waals surface area contributed by atoms with Gasteiger partial charge in [-0.05, 0) is 49.2 Å². The molecule has 0 amide bonds. The van der Waals surface area contributed by atoms with E-state index in [0.717, 1.165) is 30.7 Å². The fourth-order valence-corrected chi connectivity index (χ4v) is 2.19. The minimum absolute atomic E-state index is 0.259. The van der Waals surface area contributed by atoms with E-state index in [4.69, 9.17) is 22.7 Å². The van der Waals surface area contributed by atoms with Crippen molar-refractivity contribution in [2.75, 3.05) is 11.9 Å². The van der Waals surface area contributed by atoms with E-state index >= 15 is 0 Å². The molecule has 0 saturated carbocycles. The van der Waals surface area contributed by atoms with Crippen molar-refractivity contribution in [1.29, 1.82) is 0 Å². The molecule has 110 valence electrons. The van der Waals surface area contributed by atoms with Gasteiger partial charge >= 0.3 is 0 Å². The van der Waals surface area contributed by atoms with Gasteiger partial charge in [0.25, 0.3) is 0 Å². The zero-order valence-corrected chi connectivity index (χ0v) is 12.7.